The Kier molecular flexibility index (Phi) is 4.90. The molecule has 1 aliphatic heterocycles. The smallest absolute Gasteiger partial charge is 0.365 e. The van der Waals surface area contributed by atoms with Crippen LogP contribution in [0.3, 0.4) is 0 Å². The minimum absolute atomic E-state index is 0.297. The Morgan fingerprint density at radius 3 is 2.39 bits per heavy atom. The molecular formula is C18H14F3N3O4. The van der Waals surface area contributed by atoms with Gasteiger partial charge in [-0.15, -0.1) is 0 Å². The average molecular weight is 393 g/mol. The Hall–Kier alpha value is -3.27. The van der Waals surface area contributed by atoms with Gasteiger partial charge in [0.2, 0.25) is 5.91 Å². The third-order valence-electron chi connectivity index (χ3n) is 4.28. The van der Waals surface area contributed by atoms with Crippen molar-refractivity contribution in [1.29, 1.82) is 0 Å². The molecule has 3 rings (SSSR count). The number of nitro groups is 1. The zero-order chi connectivity index (χ0) is 20.5. The molecule has 0 radical (unpaired) electrons. The molecule has 0 aliphatic carbocycles. The predicted octanol–water partition coefficient (Wildman–Crippen LogP) is 3.13. The highest BCUT2D eigenvalue weighted by atomic mass is 19.4. The van der Waals surface area contributed by atoms with Crippen molar-refractivity contribution in [2.24, 2.45) is 5.10 Å². The van der Waals surface area contributed by atoms with E-state index in [-0.39, 0.29) is 6.42 Å². The zero-order valence-corrected chi connectivity index (χ0v) is 14.3. The van der Waals surface area contributed by atoms with Crippen LogP contribution in [0.1, 0.15) is 17.5 Å². The van der Waals surface area contributed by atoms with Crippen molar-refractivity contribution < 1.29 is 28.0 Å². The molecule has 1 heterocycles. The highest BCUT2D eigenvalue weighted by Gasteiger charge is 2.54. The normalized spacial score (nSPS) is 19.4. The van der Waals surface area contributed by atoms with Crippen molar-refractivity contribution in [2.45, 2.75) is 24.7 Å². The number of carbonyl (C=O) groups is 1. The number of aliphatic hydroxyl groups is 1. The van der Waals surface area contributed by atoms with Crippen molar-refractivity contribution in [3.8, 4) is 0 Å². The lowest BCUT2D eigenvalue weighted by Gasteiger charge is -2.31. The predicted molar refractivity (Wildman–Crippen MR) is 92.1 cm³/mol. The molecule has 0 saturated heterocycles. The van der Waals surface area contributed by atoms with Crippen LogP contribution in [0.25, 0.3) is 0 Å². The molecule has 146 valence electrons. The molecule has 7 nitrogen and oxygen atoms in total. The molecular weight excluding hydrogens is 379 g/mol. The first-order chi connectivity index (χ1) is 13.1. The van der Waals surface area contributed by atoms with Crippen LogP contribution in [-0.4, -0.2) is 32.8 Å². The fraction of sp³-hybridized carbons (Fsp3) is 0.222. The van der Waals surface area contributed by atoms with Crippen molar-refractivity contribution in [3.63, 3.8) is 0 Å². The Morgan fingerprint density at radius 1 is 1.18 bits per heavy atom. The molecule has 1 amide bonds. The maximum Gasteiger partial charge on any atom is 0.431 e. The van der Waals surface area contributed by atoms with Crippen molar-refractivity contribution in [1.82, 2.24) is 5.01 Å². The van der Waals surface area contributed by atoms with Gasteiger partial charge in [0, 0.05) is 6.07 Å². The Bertz CT molecular complexity index is 947. The summed E-state index contributed by atoms with van der Waals surface area (Å²) < 4.78 is 39.7. The van der Waals surface area contributed by atoms with Gasteiger partial charge in [0.15, 0.2) is 5.72 Å². The van der Waals surface area contributed by atoms with Gasteiger partial charge < -0.3 is 5.11 Å². The fourth-order valence-electron chi connectivity index (χ4n) is 2.99. The summed E-state index contributed by atoms with van der Waals surface area (Å²) in [7, 11) is 0. The number of rotatable bonds is 4. The molecule has 0 saturated carbocycles. The lowest BCUT2D eigenvalue weighted by Crippen LogP contribution is -2.44. The second kappa shape index (κ2) is 7.04. The lowest BCUT2D eigenvalue weighted by molar-refractivity contribution is -0.387. The summed E-state index contributed by atoms with van der Waals surface area (Å²) >= 11 is 0. The summed E-state index contributed by atoms with van der Waals surface area (Å²) in [6, 6.07) is 12.9. The van der Waals surface area contributed by atoms with Crippen LogP contribution in [0.2, 0.25) is 0 Å². The van der Waals surface area contributed by atoms with Crippen LogP contribution in [0, 0.1) is 10.1 Å². The summed E-state index contributed by atoms with van der Waals surface area (Å²) in [5, 5.41) is 25.9. The second-order valence-corrected chi connectivity index (χ2v) is 6.18. The van der Waals surface area contributed by atoms with Gasteiger partial charge in [-0.1, -0.05) is 42.5 Å². The lowest BCUT2D eigenvalue weighted by atomic mass is 9.95. The average Bonchev–Trinajstić information content (AvgIpc) is 3.02. The van der Waals surface area contributed by atoms with Crippen LogP contribution in [0.4, 0.5) is 18.9 Å². The summed E-state index contributed by atoms with van der Waals surface area (Å²) in [5.41, 5.74) is -4.58. The van der Waals surface area contributed by atoms with E-state index in [9.17, 15) is 33.2 Å². The van der Waals surface area contributed by atoms with Crippen LogP contribution in [0.5, 0.6) is 0 Å². The maximum atomic E-state index is 13.2. The van der Waals surface area contributed by atoms with E-state index in [4.69, 9.17) is 0 Å². The second-order valence-electron chi connectivity index (χ2n) is 6.18. The Balaban J connectivity index is 2.06. The molecule has 28 heavy (non-hydrogen) atoms. The number of hydrogen-bond acceptors (Lipinski definition) is 5. The number of halogens is 3. The maximum absolute atomic E-state index is 13.2. The quantitative estimate of drug-likeness (QED) is 0.638. The van der Waals surface area contributed by atoms with Gasteiger partial charge in [0.1, 0.15) is 5.71 Å². The molecule has 1 N–H and O–H groups in total. The highest BCUT2D eigenvalue weighted by molar-refractivity contribution is 5.95. The molecule has 0 spiro atoms. The summed E-state index contributed by atoms with van der Waals surface area (Å²) in [5.74, 6) is -0.925. The largest absolute Gasteiger partial charge is 0.431 e. The third-order valence-corrected chi connectivity index (χ3v) is 4.28. The molecule has 2 aromatic rings. The van der Waals surface area contributed by atoms with E-state index in [0.29, 0.717) is 10.6 Å². The minimum atomic E-state index is -4.90. The van der Waals surface area contributed by atoms with E-state index in [1.54, 1.807) is 30.3 Å². The van der Waals surface area contributed by atoms with Crippen LogP contribution < -0.4 is 0 Å². The Labute approximate surface area is 156 Å². The number of para-hydroxylation sites is 1. The molecule has 0 bridgehead atoms. The number of benzene rings is 2. The first kappa shape index (κ1) is 19.5. The Morgan fingerprint density at radius 2 is 1.79 bits per heavy atom. The molecule has 1 aliphatic rings. The molecule has 0 fully saturated rings. The van der Waals surface area contributed by atoms with Crippen molar-refractivity contribution in [2.75, 3.05) is 0 Å². The van der Waals surface area contributed by atoms with E-state index >= 15 is 0 Å². The topological polar surface area (TPSA) is 96.0 Å². The molecule has 10 heteroatoms. The standard InChI is InChI=1S/C18H14F3N3O4/c19-18(20,21)15-11-17(26,13-8-4-5-9-14(13)24(27)28)23(22-15)16(25)10-12-6-2-1-3-7-12/h1-9,26H,10-11H2. The van der Waals surface area contributed by atoms with Crippen molar-refractivity contribution in [3.05, 3.63) is 75.8 Å². The van der Waals surface area contributed by atoms with Gasteiger partial charge in [-0.05, 0) is 11.6 Å². The fourth-order valence-corrected chi connectivity index (χ4v) is 2.99. The number of hydrazone groups is 1. The molecule has 2 aromatic carbocycles. The number of amides is 1. The first-order valence-corrected chi connectivity index (χ1v) is 8.11. The van der Waals surface area contributed by atoms with E-state index in [1.807, 2.05) is 0 Å². The SMILES string of the molecule is O=C(Cc1ccccc1)N1N=C(C(F)(F)F)CC1(O)c1ccccc1[N+](=O)[O-]. The highest BCUT2D eigenvalue weighted by Crippen LogP contribution is 2.42. The van der Waals surface area contributed by atoms with Crippen LogP contribution in [0.15, 0.2) is 59.7 Å². The number of alkyl halides is 3. The molecule has 0 aromatic heterocycles. The van der Waals surface area contributed by atoms with E-state index < -0.39 is 46.1 Å². The molecule has 1 unspecified atom stereocenters. The number of hydrogen-bond donors (Lipinski definition) is 1. The summed E-state index contributed by atoms with van der Waals surface area (Å²) in [6.07, 6.45) is -6.35. The van der Waals surface area contributed by atoms with Crippen LogP contribution >= 0.6 is 0 Å². The first-order valence-electron chi connectivity index (χ1n) is 8.11. The number of nitrogens with zero attached hydrogens (tertiary/aromatic N) is 3. The van der Waals surface area contributed by atoms with Gasteiger partial charge in [-0.25, -0.2) is 0 Å². The van der Waals surface area contributed by atoms with E-state index in [1.165, 1.54) is 12.1 Å². The van der Waals surface area contributed by atoms with Gasteiger partial charge in [0.05, 0.1) is 23.3 Å². The van der Waals surface area contributed by atoms with Gasteiger partial charge in [0.25, 0.3) is 5.69 Å². The number of carbonyl (C=O) groups excluding carboxylic acids is 1. The van der Waals surface area contributed by atoms with Gasteiger partial charge in [-0.3, -0.25) is 14.9 Å². The summed E-state index contributed by atoms with van der Waals surface area (Å²) in [6.45, 7) is 0. The minimum Gasteiger partial charge on any atom is -0.365 e. The van der Waals surface area contributed by atoms with Crippen molar-refractivity contribution >= 4 is 17.3 Å². The zero-order valence-electron chi connectivity index (χ0n) is 14.3. The third kappa shape index (κ3) is 3.58. The van der Waals surface area contributed by atoms with E-state index in [2.05, 4.69) is 5.10 Å². The van der Waals surface area contributed by atoms with Gasteiger partial charge >= 0.3 is 6.18 Å². The summed E-state index contributed by atoms with van der Waals surface area (Å²) in [4.78, 5) is 23.1. The molecule has 1 atom stereocenters. The monoisotopic (exact) mass is 393 g/mol. The van der Waals surface area contributed by atoms with Crippen LogP contribution in [-0.2, 0) is 16.9 Å². The van der Waals surface area contributed by atoms with Gasteiger partial charge in [-0.2, -0.15) is 23.3 Å². The van der Waals surface area contributed by atoms with E-state index in [0.717, 1.165) is 12.1 Å². The number of nitro benzene ring substituents is 1.